The van der Waals surface area contributed by atoms with Gasteiger partial charge in [0.15, 0.2) is 5.82 Å². The van der Waals surface area contributed by atoms with Crippen LogP contribution in [-0.4, -0.2) is 104 Å². The predicted octanol–water partition coefficient (Wildman–Crippen LogP) is 4.74. The Labute approximate surface area is 313 Å². The lowest BCUT2D eigenvalue weighted by atomic mass is 9.88. The average molecular weight is 765 g/mol. The van der Waals surface area contributed by atoms with Gasteiger partial charge in [0.2, 0.25) is 11.9 Å². The summed E-state index contributed by atoms with van der Waals surface area (Å²) in [6.07, 6.45) is 0.848. The number of rotatable bonds is 9. The van der Waals surface area contributed by atoms with E-state index < -0.39 is 28.8 Å². The van der Waals surface area contributed by atoms with Crippen molar-refractivity contribution in [3.63, 3.8) is 0 Å². The third kappa shape index (κ3) is 7.66. The van der Waals surface area contributed by atoms with Gasteiger partial charge >= 0.3 is 12.2 Å². The summed E-state index contributed by atoms with van der Waals surface area (Å²) < 4.78 is 55.8. The summed E-state index contributed by atoms with van der Waals surface area (Å²) in [5.41, 5.74) is 2.46. The third-order valence-corrected chi connectivity index (χ3v) is 12.6. The highest BCUT2D eigenvalue weighted by Crippen LogP contribution is 2.35. The lowest BCUT2D eigenvalue weighted by molar-refractivity contribution is -0.138. The van der Waals surface area contributed by atoms with E-state index in [4.69, 9.17) is 0 Å². The Kier molecular flexibility index (Phi) is 10.0. The Balaban J connectivity index is 0.787. The van der Waals surface area contributed by atoms with Crippen LogP contribution in [0.4, 0.5) is 35.4 Å². The molecule has 4 aliphatic heterocycles. The number of piperidine rings is 2. The van der Waals surface area contributed by atoms with Gasteiger partial charge in [-0.3, -0.25) is 19.7 Å². The van der Waals surface area contributed by atoms with Gasteiger partial charge in [0.1, 0.15) is 11.0 Å². The number of hydrogen-bond donors (Lipinski definition) is 2. The first-order valence-corrected chi connectivity index (χ1v) is 19.6. The van der Waals surface area contributed by atoms with E-state index in [-0.39, 0.29) is 24.3 Å². The normalized spacial score (nSPS) is 20.7. The highest BCUT2D eigenvalue weighted by atomic mass is 32.2. The maximum absolute atomic E-state index is 13.5. The van der Waals surface area contributed by atoms with E-state index in [2.05, 4.69) is 59.8 Å². The first-order valence-electron chi connectivity index (χ1n) is 18.5. The maximum Gasteiger partial charge on any atom is 0.419 e. The number of halogens is 3. The molecule has 3 amide bonds. The lowest BCUT2D eigenvalue weighted by Crippen LogP contribution is -2.52. The molecule has 17 heteroatoms. The second-order valence-electron chi connectivity index (χ2n) is 14.7. The number of nitrogens with one attached hydrogen (secondary N) is 2. The molecule has 2 N–H and O–H groups in total. The number of alkyl halides is 3. The summed E-state index contributed by atoms with van der Waals surface area (Å²) >= 11 is 0. The second kappa shape index (κ2) is 14.9. The fourth-order valence-electron chi connectivity index (χ4n) is 8.02. The van der Waals surface area contributed by atoms with Crippen molar-refractivity contribution in [2.24, 2.45) is 13.0 Å². The molecule has 0 saturated carbocycles. The number of carbonyl (C=O) groups excluding carboxylic acids is 2. The Morgan fingerprint density at radius 2 is 1.69 bits per heavy atom. The first kappa shape index (κ1) is 36.4. The number of benzene rings is 2. The van der Waals surface area contributed by atoms with Crippen molar-refractivity contribution in [2.45, 2.75) is 55.1 Å². The molecule has 0 aliphatic carbocycles. The van der Waals surface area contributed by atoms with Crippen LogP contribution in [0, 0.1) is 5.92 Å². The molecule has 2 aromatic heterocycles. The number of fused-ring (bicyclic) bond motifs is 1. The van der Waals surface area contributed by atoms with Gasteiger partial charge in [-0.15, -0.1) is 0 Å². The zero-order chi connectivity index (χ0) is 37.6. The molecular formula is C37H43F3N10O3S. The van der Waals surface area contributed by atoms with Crippen molar-refractivity contribution in [1.29, 1.82) is 0 Å². The molecule has 4 aromatic rings. The molecule has 8 rings (SSSR count). The van der Waals surface area contributed by atoms with Crippen LogP contribution in [0.25, 0.3) is 10.9 Å². The predicted molar refractivity (Wildman–Crippen MR) is 198 cm³/mol. The number of amides is 3. The van der Waals surface area contributed by atoms with E-state index in [1.165, 1.54) is 5.56 Å². The summed E-state index contributed by atoms with van der Waals surface area (Å²) in [5.74, 6) is 1.51. The summed E-state index contributed by atoms with van der Waals surface area (Å²) in [7, 11) is 0.575. The van der Waals surface area contributed by atoms with E-state index in [0.717, 1.165) is 79.4 Å². The number of imide groups is 1. The molecule has 1 unspecified atom stereocenters. The van der Waals surface area contributed by atoms with Gasteiger partial charge in [-0.2, -0.15) is 18.3 Å². The number of nitrogens with zero attached hydrogens (tertiary/aromatic N) is 8. The zero-order valence-corrected chi connectivity index (χ0v) is 30.8. The van der Waals surface area contributed by atoms with Gasteiger partial charge in [-0.1, -0.05) is 12.1 Å². The fourth-order valence-corrected chi connectivity index (χ4v) is 9.28. The van der Waals surface area contributed by atoms with Gasteiger partial charge in [-0.05, 0) is 80.6 Å². The molecule has 13 nitrogen and oxygen atoms in total. The largest absolute Gasteiger partial charge is 0.419 e. The molecule has 6 heterocycles. The molecule has 1 atom stereocenters. The Morgan fingerprint density at radius 1 is 0.944 bits per heavy atom. The Morgan fingerprint density at radius 3 is 2.39 bits per heavy atom. The molecule has 2 aromatic carbocycles. The van der Waals surface area contributed by atoms with E-state index in [1.807, 2.05) is 34.2 Å². The third-order valence-electron chi connectivity index (χ3n) is 11.1. The average Bonchev–Trinajstić information content (AvgIpc) is 3.48. The van der Waals surface area contributed by atoms with Gasteiger partial charge in [-0.25, -0.2) is 23.3 Å². The van der Waals surface area contributed by atoms with Crippen molar-refractivity contribution in [2.75, 3.05) is 67.5 Å². The van der Waals surface area contributed by atoms with Crippen LogP contribution in [-0.2, 0) is 29.0 Å². The molecule has 286 valence electrons. The number of carbonyl (C=O) groups is 2. The monoisotopic (exact) mass is 764 g/mol. The van der Waals surface area contributed by atoms with Crippen LogP contribution in [0.5, 0.6) is 0 Å². The molecule has 4 aliphatic rings. The van der Waals surface area contributed by atoms with Crippen molar-refractivity contribution >= 4 is 51.3 Å². The number of anilines is 3. The number of aryl methyl sites for hydroxylation is 1. The second-order valence-corrected chi connectivity index (χ2v) is 16.2. The van der Waals surface area contributed by atoms with Crippen molar-refractivity contribution in [3.8, 4) is 0 Å². The van der Waals surface area contributed by atoms with Crippen LogP contribution < -0.4 is 20.4 Å². The number of aromatic nitrogens is 4. The van der Waals surface area contributed by atoms with Crippen molar-refractivity contribution in [1.82, 2.24) is 34.3 Å². The minimum absolute atomic E-state index is 0.0122. The van der Waals surface area contributed by atoms with Crippen molar-refractivity contribution < 1.29 is 27.0 Å². The maximum atomic E-state index is 13.5. The van der Waals surface area contributed by atoms with E-state index in [9.17, 15) is 27.0 Å². The number of urea groups is 1. The van der Waals surface area contributed by atoms with Crippen LogP contribution >= 0.6 is 0 Å². The lowest BCUT2D eigenvalue weighted by Gasteiger charge is -2.44. The first-order chi connectivity index (χ1) is 26.0. The molecule has 0 radical (unpaired) electrons. The van der Waals surface area contributed by atoms with E-state index in [0.29, 0.717) is 50.1 Å². The molecular weight excluding hydrogens is 722 g/mol. The van der Waals surface area contributed by atoms with Gasteiger partial charge < -0.3 is 15.1 Å². The van der Waals surface area contributed by atoms with Crippen LogP contribution in [0.1, 0.15) is 49.1 Å². The minimum atomic E-state index is -4.48. The zero-order valence-electron chi connectivity index (χ0n) is 30.0. The molecule has 4 fully saturated rings. The summed E-state index contributed by atoms with van der Waals surface area (Å²) in [4.78, 5) is 39.0. The van der Waals surface area contributed by atoms with Gasteiger partial charge in [0.05, 0.1) is 16.0 Å². The topological polar surface area (TPSA) is 132 Å². The smallest absolute Gasteiger partial charge is 0.371 e. The molecule has 0 bridgehead atoms. The number of hydrogen-bond acceptors (Lipinski definition) is 9. The van der Waals surface area contributed by atoms with Gasteiger partial charge in [0.25, 0.3) is 0 Å². The highest BCUT2D eigenvalue weighted by Gasteiger charge is 2.34. The Bertz CT molecular complexity index is 2040. The standard InChI is InChI=1S/C37H43F3N10O3S/c1-46-32-17-26(5-6-31(32)34(45-46)50-16-11-33(51)44-36(50)52)25-7-12-47(13-8-25)21-24-22-48(23-24)29-3-2-4-30(18-29)54(53)49-14-9-28(10-15-49)43-35-41-19-27(20-42-35)37(38,39)40/h2-6,17-20,24-25,28H,7-16,21-23H2,1H3,(H,41,42,43)(H,44,51,52). The summed E-state index contributed by atoms with van der Waals surface area (Å²) in [5, 5.41) is 11.0. The van der Waals surface area contributed by atoms with Crippen LogP contribution in [0.2, 0.25) is 0 Å². The van der Waals surface area contributed by atoms with Crippen molar-refractivity contribution in [3.05, 3.63) is 66.0 Å². The minimum Gasteiger partial charge on any atom is -0.371 e. The van der Waals surface area contributed by atoms with E-state index >= 15 is 0 Å². The van der Waals surface area contributed by atoms with E-state index in [1.54, 1.807) is 4.90 Å². The fraction of sp³-hybridized carbons (Fsp3) is 0.486. The SMILES string of the molecule is Cn1nc(N2CCC(=O)NC2=O)c2ccc(C3CCN(CC4CN(c5cccc(S(=O)N6CCC(Nc7ncc(C(F)(F)F)cn7)CC6)c5)C4)CC3)cc21. The van der Waals surface area contributed by atoms with Gasteiger partial charge in [0, 0.05) is 88.2 Å². The molecule has 4 saturated heterocycles. The molecule has 54 heavy (non-hydrogen) atoms. The quantitative estimate of drug-likeness (QED) is 0.248. The highest BCUT2D eigenvalue weighted by molar-refractivity contribution is 7.82. The van der Waals surface area contributed by atoms with Crippen LogP contribution in [0.3, 0.4) is 0 Å². The van der Waals surface area contributed by atoms with Crippen LogP contribution in [0.15, 0.2) is 59.8 Å². The summed E-state index contributed by atoms with van der Waals surface area (Å²) in [6.45, 7) is 6.54. The molecule has 0 spiro atoms. The summed E-state index contributed by atoms with van der Waals surface area (Å²) in [6, 6.07) is 14.0. The number of likely N-dealkylation sites (tertiary alicyclic amines) is 1. The Hall–Kier alpha value is -4.61.